The first-order valence-electron chi connectivity index (χ1n) is 38.9. The van der Waals surface area contributed by atoms with Gasteiger partial charge in [-0.2, -0.15) is 0 Å². The Bertz CT molecular complexity index is 4370. The SMILES string of the molecule is CC[C@H](C)[C@@H]1NC(=O)[C@H](Cc2c[nH]cn2)NC(=O)[C@H](Cc2ccc(O)cc2)NC(=O)CSC[C@@H](C(=O)NCC(N)=O)NC(=O)CNC(=O)[C@H](CC(C)C)NC(=O)[C@H](C)NC(=O)CNC(=O)[C@H](Cc2ccc(O)cc2)NC(=O)[C@H](CC(C)C)NC(=O)[C@H](CO)NC(=O)[C@H](C)NC(=O)[C@H](Cc2ccc(O)cc2)NC(=O)[C@H](Cc2ccc(O)cc2)NC1=O. The summed E-state index contributed by atoms with van der Waals surface area (Å²) in [6.07, 6.45) is 1.27. The molecule has 4 aromatic carbocycles. The molecule has 39 nitrogen and oxygen atoms in total. The maximum Gasteiger partial charge on any atom is 0.245 e. The van der Waals surface area contributed by atoms with Gasteiger partial charge in [-0.15, -0.1) is 11.8 Å². The number of aromatic amines is 1. The summed E-state index contributed by atoms with van der Waals surface area (Å²) in [5.41, 5.74) is 7.05. The van der Waals surface area contributed by atoms with Gasteiger partial charge in [0.25, 0.3) is 0 Å². The van der Waals surface area contributed by atoms with Crippen molar-refractivity contribution in [2.24, 2.45) is 23.5 Å². The van der Waals surface area contributed by atoms with Crippen LogP contribution in [0.1, 0.15) is 103 Å². The van der Waals surface area contributed by atoms with Crippen molar-refractivity contribution in [3.63, 3.8) is 0 Å². The summed E-state index contributed by atoms with van der Waals surface area (Å²) in [4.78, 5) is 233. The number of primary amides is 1. The zero-order valence-electron chi connectivity index (χ0n) is 67.7. The molecule has 0 bridgehead atoms. The molecule has 0 unspecified atom stereocenters. The normalized spacial score (nSPS) is 23.4. The number of carbonyl (C=O) groups is 16. The number of thioether (sulfide) groups is 1. The van der Waals surface area contributed by atoms with Gasteiger partial charge in [0, 0.05) is 44.1 Å². The van der Waals surface area contributed by atoms with Crippen molar-refractivity contribution in [3.8, 4) is 23.0 Å². The highest BCUT2D eigenvalue weighted by atomic mass is 32.2. The van der Waals surface area contributed by atoms with E-state index in [9.17, 15) is 92.7 Å². The van der Waals surface area contributed by atoms with Crippen LogP contribution in [0.3, 0.4) is 0 Å². The summed E-state index contributed by atoms with van der Waals surface area (Å²) in [5, 5.41) is 89.2. The second-order valence-corrected chi connectivity index (χ2v) is 30.9. The predicted molar refractivity (Wildman–Crippen MR) is 435 cm³/mol. The molecule has 120 heavy (non-hydrogen) atoms. The van der Waals surface area contributed by atoms with E-state index in [0.717, 1.165) is 11.8 Å². The number of aliphatic hydroxyl groups excluding tert-OH is 1. The molecule has 2 heterocycles. The van der Waals surface area contributed by atoms with Gasteiger partial charge in [-0.1, -0.05) is 96.5 Å². The van der Waals surface area contributed by atoms with E-state index >= 15 is 9.59 Å². The Labute approximate surface area is 696 Å². The third kappa shape index (κ3) is 32.5. The number of aromatic nitrogens is 2. The number of nitrogens with one attached hydrogen (secondary N) is 16. The molecular formula is C80H108N18O21S. The lowest BCUT2D eigenvalue weighted by Gasteiger charge is -2.29. The molecule has 1 aromatic heterocycles. The number of benzene rings is 4. The molecule has 650 valence electrons. The smallest absolute Gasteiger partial charge is 0.245 e. The average Bonchev–Trinajstić information content (AvgIpc) is 1.28. The summed E-state index contributed by atoms with van der Waals surface area (Å²) in [7, 11) is 0. The van der Waals surface area contributed by atoms with Crippen molar-refractivity contribution in [1.82, 2.24) is 89.7 Å². The minimum absolute atomic E-state index is 0.0150. The Morgan fingerprint density at radius 2 is 0.800 bits per heavy atom. The largest absolute Gasteiger partial charge is 0.508 e. The van der Waals surface area contributed by atoms with Crippen molar-refractivity contribution < 1.29 is 102 Å². The summed E-state index contributed by atoms with van der Waals surface area (Å²) in [6.45, 7) is 9.27. The minimum Gasteiger partial charge on any atom is -0.508 e. The second kappa shape index (κ2) is 47.5. The van der Waals surface area contributed by atoms with Gasteiger partial charge in [-0.25, -0.2) is 4.98 Å². The van der Waals surface area contributed by atoms with Crippen LogP contribution < -0.4 is 85.5 Å². The van der Waals surface area contributed by atoms with Gasteiger partial charge in [-0.3, -0.25) is 76.7 Å². The Morgan fingerprint density at radius 1 is 0.442 bits per heavy atom. The number of phenols is 4. The molecule has 40 heteroatoms. The van der Waals surface area contributed by atoms with Crippen molar-refractivity contribution in [3.05, 3.63) is 138 Å². The molecule has 6 rings (SSSR count). The van der Waals surface area contributed by atoms with Gasteiger partial charge in [-0.05, 0) is 115 Å². The molecule has 0 spiro atoms. The molecule has 1 fully saturated rings. The number of hydrogen-bond acceptors (Lipinski definition) is 23. The molecule has 0 saturated carbocycles. The fraction of sp³-hybridized carbons (Fsp3) is 0.463. The second-order valence-electron chi connectivity index (χ2n) is 29.9. The lowest BCUT2D eigenvalue weighted by molar-refractivity contribution is -0.136. The number of imidazole rings is 1. The van der Waals surface area contributed by atoms with Gasteiger partial charge < -0.3 is 116 Å². The monoisotopic (exact) mass is 1690 g/mol. The number of aliphatic hydroxyl groups is 1. The molecule has 1 saturated heterocycles. The zero-order chi connectivity index (χ0) is 88.4. The molecule has 1 aliphatic rings. The maximum atomic E-state index is 15.1. The fourth-order valence-electron chi connectivity index (χ4n) is 12.2. The van der Waals surface area contributed by atoms with Crippen LogP contribution in [-0.2, 0) is 109 Å². The van der Waals surface area contributed by atoms with Crippen molar-refractivity contribution >= 4 is 106 Å². The van der Waals surface area contributed by atoms with Crippen LogP contribution in [0.4, 0.5) is 0 Å². The fourth-order valence-corrected chi connectivity index (χ4v) is 13.0. The van der Waals surface area contributed by atoms with Gasteiger partial charge in [0.05, 0.1) is 44.0 Å². The van der Waals surface area contributed by atoms with E-state index in [1.807, 2.05) is 0 Å². The highest BCUT2D eigenvalue weighted by Crippen LogP contribution is 2.20. The van der Waals surface area contributed by atoms with Crippen LogP contribution in [0.15, 0.2) is 110 Å². The van der Waals surface area contributed by atoms with Crippen LogP contribution in [0, 0.1) is 17.8 Å². The minimum atomic E-state index is -1.82. The molecule has 23 N–H and O–H groups in total. The highest BCUT2D eigenvalue weighted by Gasteiger charge is 2.38. The van der Waals surface area contributed by atoms with Crippen LogP contribution in [0.2, 0.25) is 0 Å². The molecule has 1 aliphatic heterocycles. The van der Waals surface area contributed by atoms with Crippen LogP contribution in [-0.4, -0.2) is 240 Å². The third-order valence-electron chi connectivity index (χ3n) is 18.9. The maximum absolute atomic E-state index is 15.1. The first-order valence-corrected chi connectivity index (χ1v) is 40.0. The standard InChI is InChI=1S/C80H108N18O21S/c1-9-43(6)68-80(119)96-60(31-49-16-24-54(103)25-17-49)77(116)94-59(30-48-14-22-53(102)23-15-48)74(113)88-45(8)70(109)97-62(37-99)79(118)92-56(27-42(4)5)75(114)93-57(28-46-10-18-51(100)19-11-46)72(111)84-35-65(105)87-44(7)69(108)91-55(26-41(2)3)71(110)85-36-66(106)90-63(73(112)83-34-64(81)104)38-120-39-67(107)89-58(29-47-12-20-52(101)21-13-47)76(115)95-61(78(117)98-68)32-50-33-82-40-86-50/h10-25,33,40-45,55-63,68,99-103H,9,26-32,34-39H2,1-8H3,(H2,81,104)(H,82,86)(H,83,112)(H,84,111)(H,85,110)(H,87,105)(H,88,113)(H,89,107)(H,90,106)(H,91,108)(H,92,118)(H,93,114)(H,94,116)(H,95,115)(H,96,119)(H,97,109)(H,98,117)/t43-,44-,45-,55-,56-,57-,58-,59-,60-,61-,62-,63-,68-/m0/s1. The molecule has 13 atom stereocenters. The number of aromatic hydroxyl groups is 4. The summed E-state index contributed by atoms with van der Waals surface area (Å²) in [6, 6.07) is 3.55. The first-order chi connectivity index (χ1) is 56.9. The van der Waals surface area contributed by atoms with E-state index in [1.54, 1.807) is 41.5 Å². The van der Waals surface area contributed by atoms with Crippen LogP contribution >= 0.6 is 11.8 Å². The van der Waals surface area contributed by atoms with Crippen molar-refractivity contribution in [1.29, 1.82) is 0 Å². The van der Waals surface area contributed by atoms with Crippen molar-refractivity contribution in [2.45, 2.75) is 179 Å². The number of carbonyl (C=O) groups excluding carboxylic acids is 16. The Balaban J connectivity index is 1.38. The number of amides is 16. The number of phenolic OH excluding ortho intramolecular Hbond substituents is 4. The molecule has 5 aromatic rings. The first kappa shape index (κ1) is 96.0. The Kier molecular flexibility index (Phi) is 38.0. The van der Waals surface area contributed by atoms with Gasteiger partial charge in [0.2, 0.25) is 94.5 Å². The number of hydrogen-bond donors (Lipinski definition) is 22. The Morgan fingerprint density at radius 3 is 1.23 bits per heavy atom. The van der Waals surface area contributed by atoms with E-state index < -0.39 is 211 Å². The Hall–Kier alpha value is -12.9. The van der Waals surface area contributed by atoms with Gasteiger partial charge >= 0.3 is 0 Å². The number of nitrogens with two attached hydrogens (primary N) is 1. The topological polar surface area (TPSA) is 609 Å². The van der Waals surface area contributed by atoms with E-state index in [-0.39, 0.29) is 91.9 Å². The molecular weight excluding hydrogens is 1580 g/mol. The van der Waals surface area contributed by atoms with Gasteiger partial charge in [0.1, 0.15) is 95.5 Å². The third-order valence-corrected chi connectivity index (χ3v) is 20.0. The molecule has 0 radical (unpaired) electrons. The lowest BCUT2D eigenvalue weighted by atomic mass is 9.96. The lowest BCUT2D eigenvalue weighted by Crippen LogP contribution is -2.62. The quantitative estimate of drug-likeness (QED) is 0.0357. The van der Waals surface area contributed by atoms with E-state index in [2.05, 4.69) is 89.7 Å². The zero-order valence-corrected chi connectivity index (χ0v) is 68.5. The predicted octanol–water partition coefficient (Wildman–Crippen LogP) is -3.69. The van der Waals surface area contributed by atoms with E-state index in [1.165, 1.54) is 123 Å². The highest BCUT2D eigenvalue weighted by molar-refractivity contribution is 8.00. The van der Waals surface area contributed by atoms with Gasteiger partial charge in [0.15, 0.2) is 0 Å². The van der Waals surface area contributed by atoms with E-state index in [0.29, 0.717) is 22.3 Å². The van der Waals surface area contributed by atoms with Crippen LogP contribution in [0.25, 0.3) is 0 Å². The number of H-pyrrole nitrogens is 1. The summed E-state index contributed by atoms with van der Waals surface area (Å²) in [5.74, 6) is -18.3. The summed E-state index contributed by atoms with van der Waals surface area (Å²) >= 11 is 0.768. The summed E-state index contributed by atoms with van der Waals surface area (Å²) < 4.78 is 0. The van der Waals surface area contributed by atoms with Crippen LogP contribution in [0.5, 0.6) is 23.0 Å². The number of nitrogens with zero attached hydrogens (tertiary/aromatic N) is 1. The number of rotatable bonds is 20. The van der Waals surface area contributed by atoms with E-state index in [4.69, 9.17) is 5.73 Å². The molecule has 16 amide bonds. The average molecular weight is 1690 g/mol. The van der Waals surface area contributed by atoms with Crippen molar-refractivity contribution in [2.75, 3.05) is 37.7 Å². The molecule has 0 aliphatic carbocycles.